The molecule has 0 saturated heterocycles. The highest BCUT2D eigenvalue weighted by Crippen LogP contribution is 2.08. The molecule has 0 bridgehead atoms. The average Bonchev–Trinajstić information content (AvgIpc) is 2.18. The number of carbonyl (C=O) groups is 2. The van der Waals surface area contributed by atoms with Gasteiger partial charge in [0.25, 0.3) is 0 Å². The number of aliphatic carboxylic acids is 1. The van der Waals surface area contributed by atoms with Crippen LogP contribution in [0.4, 0.5) is 0 Å². The number of hydrogen-bond acceptors (Lipinski definition) is 3. The lowest BCUT2D eigenvalue weighted by molar-refractivity contribution is -0.135. The number of rotatable bonds is 2. The van der Waals surface area contributed by atoms with Crippen LogP contribution in [0.1, 0.15) is 10.4 Å². The van der Waals surface area contributed by atoms with Crippen LogP contribution in [-0.2, 0) is 4.79 Å². The van der Waals surface area contributed by atoms with Crippen molar-refractivity contribution in [3.63, 3.8) is 0 Å². The van der Waals surface area contributed by atoms with E-state index in [-0.39, 0.29) is 6.54 Å². The smallest absolute Gasteiger partial charge is 0.317 e. The van der Waals surface area contributed by atoms with Gasteiger partial charge in [-0.2, -0.15) is 0 Å². The maximum atomic E-state index is 10.1. The van der Waals surface area contributed by atoms with E-state index in [1.165, 1.54) is 0 Å². The van der Waals surface area contributed by atoms with E-state index in [0.717, 1.165) is 6.29 Å². The summed E-state index contributed by atoms with van der Waals surface area (Å²) >= 11 is 5.56. The van der Waals surface area contributed by atoms with Gasteiger partial charge >= 0.3 is 5.97 Å². The number of hydrogen-bond donors (Lipinski definition) is 2. The zero-order valence-corrected chi connectivity index (χ0v) is 8.07. The molecule has 1 rings (SSSR count). The summed E-state index contributed by atoms with van der Waals surface area (Å²) in [5, 5.41) is 8.19. The molecule has 76 valence electrons. The van der Waals surface area contributed by atoms with Crippen LogP contribution in [0.2, 0.25) is 5.02 Å². The van der Waals surface area contributed by atoms with E-state index in [4.69, 9.17) is 16.7 Å². The molecule has 0 aliphatic carbocycles. The maximum absolute atomic E-state index is 10.1. The summed E-state index contributed by atoms with van der Waals surface area (Å²) in [4.78, 5) is 19.3. The van der Waals surface area contributed by atoms with Gasteiger partial charge in [-0.1, -0.05) is 23.7 Å². The summed E-state index contributed by atoms with van der Waals surface area (Å²) in [6.45, 7) is -0.278. The van der Waals surface area contributed by atoms with Crippen molar-refractivity contribution in [1.29, 1.82) is 0 Å². The Morgan fingerprint density at radius 2 is 2.14 bits per heavy atom. The maximum Gasteiger partial charge on any atom is 0.317 e. The van der Waals surface area contributed by atoms with E-state index in [0.29, 0.717) is 10.6 Å². The molecule has 0 amide bonds. The lowest BCUT2D eigenvalue weighted by atomic mass is 10.2. The van der Waals surface area contributed by atoms with Gasteiger partial charge in [0, 0.05) is 10.6 Å². The third kappa shape index (κ3) is 6.16. The fourth-order valence-corrected chi connectivity index (χ4v) is 0.779. The van der Waals surface area contributed by atoms with Crippen LogP contribution in [0.3, 0.4) is 0 Å². The van der Waals surface area contributed by atoms with E-state index in [1.807, 2.05) is 0 Å². The average molecular weight is 216 g/mol. The van der Waals surface area contributed by atoms with Crippen molar-refractivity contribution in [3.8, 4) is 0 Å². The Morgan fingerprint density at radius 3 is 2.43 bits per heavy atom. The molecule has 0 aromatic heterocycles. The van der Waals surface area contributed by atoms with Crippen LogP contribution in [-0.4, -0.2) is 23.9 Å². The number of halogens is 1. The Balaban J connectivity index is 0.000000292. The minimum Gasteiger partial charge on any atom is -0.480 e. The molecular weight excluding hydrogens is 206 g/mol. The van der Waals surface area contributed by atoms with Crippen LogP contribution in [0.15, 0.2) is 24.3 Å². The second kappa shape index (κ2) is 7.06. The Hall–Kier alpha value is -1.39. The normalized spacial score (nSPS) is 8.43. The summed E-state index contributed by atoms with van der Waals surface area (Å²) in [5.74, 6) is -0.968. The second-order valence-electron chi connectivity index (χ2n) is 2.27. The number of benzene rings is 1. The highest BCUT2D eigenvalue weighted by atomic mass is 35.5. The molecule has 14 heavy (non-hydrogen) atoms. The molecule has 0 spiro atoms. The number of carboxylic acids is 1. The molecule has 0 fully saturated rings. The first-order chi connectivity index (χ1) is 6.60. The first-order valence-electron chi connectivity index (χ1n) is 3.72. The van der Waals surface area contributed by atoms with Gasteiger partial charge in [-0.25, -0.2) is 0 Å². The molecule has 1 aromatic carbocycles. The Labute approximate surface area is 86.3 Å². The SMILES string of the molecule is NCC(=O)O.O=Cc1cccc(Cl)c1. The monoisotopic (exact) mass is 215 g/mol. The third-order valence-electron chi connectivity index (χ3n) is 1.16. The van der Waals surface area contributed by atoms with Crippen LogP contribution in [0, 0.1) is 0 Å². The van der Waals surface area contributed by atoms with Gasteiger partial charge in [0.15, 0.2) is 0 Å². The van der Waals surface area contributed by atoms with E-state index < -0.39 is 5.97 Å². The molecule has 0 aliphatic rings. The van der Waals surface area contributed by atoms with Crippen molar-refractivity contribution < 1.29 is 14.7 Å². The minimum atomic E-state index is -0.968. The minimum absolute atomic E-state index is 0.278. The molecule has 0 aliphatic heterocycles. The molecule has 1 aromatic rings. The van der Waals surface area contributed by atoms with Crippen LogP contribution in [0.5, 0.6) is 0 Å². The molecule has 0 heterocycles. The summed E-state index contributed by atoms with van der Waals surface area (Å²) in [6.07, 6.45) is 0.770. The summed E-state index contributed by atoms with van der Waals surface area (Å²) in [5.41, 5.74) is 5.19. The fraction of sp³-hybridized carbons (Fsp3) is 0.111. The summed E-state index contributed by atoms with van der Waals surface area (Å²) < 4.78 is 0. The zero-order valence-electron chi connectivity index (χ0n) is 7.31. The van der Waals surface area contributed by atoms with Gasteiger partial charge in [0.05, 0.1) is 6.54 Å². The van der Waals surface area contributed by atoms with Crippen molar-refractivity contribution in [2.45, 2.75) is 0 Å². The summed E-state index contributed by atoms with van der Waals surface area (Å²) in [6, 6.07) is 6.80. The highest BCUT2D eigenvalue weighted by molar-refractivity contribution is 6.30. The number of carbonyl (C=O) groups excluding carboxylic acids is 1. The molecular formula is C9H10ClNO3. The molecule has 0 radical (unpaired) electrons. The molecule has 0 atom stereocenters. The van der Waals surface area contributed by atoms with E-state index in [1.54, 1.807) is 24.3 Å². The van der Waals surface area contributed by atoms with Gasteiger partial charge in [-0.05, 0) is 12.1 Å². The number of nitrogens with two attached hydrogens (primary N) is 1. The zero-order chi connectivity index (χ0) is 11.0. The first-order valence-corrected chi connectivity index (χ1v) is 4.10. The van der Waals surface area contributed by atoms with E-state index in [2.05, 4.69) is 5.73 Å². The highest BCUT2D eigenvalue weighted by Gasteiger charge is 1.87. The first kappa shape index (κ1) is 12.6. The van der Waals surface area contributed by atoms with Gasteiger partial charge in [0.1, 0.15) is 6.29 Å². The second-order valence-corrected chi connectivity index (χ2v) is 2.71. The van der Waals surface area contributed by atoms with E-state index in [9.17, 15) is 9.59 Å². The van der Waals surface area contributed by atoms with Gasteiger partial charge < -0.3 is 10.8 Å². The van der Waals surface area contributed by atoms with Gasteiger partial charge in [0.2, 0.25) is 0 Å². The molecule has 5 heteroatoms. The lowest BCUT2D eigenvalue weighted by Crippen LogP contribution is -2.10. The van der Waals surface area contributed by atoms with Crippen molar-refractivity contribution in [3.05, 3.63) is 34.9 Å². The van der Waals surface area contributed by atoms with Crippen molar-refractivity contribution >= 4 is 23.9 Å². The molecule has 0 unspecified atom stereocenters. The van der Waals surface area contributed by atoms with Gasteiger partial charge in [-0.15, -0.1) is 0 Å². The van der Waals surface area contributed by atoms with Crippen LogP contribution < -0.4 is 5.73 Å². The molecule has 3 N–H and O–H groups in total. The largest absolute Gasteiger partial charge is 0.480 e. The number of aldehydes is 1. The third-order valence-corrected chi connectivity index (χ3v) is 1.39. The fourth-order valence-electron chi connectivity index (χ4n) is 0.580. The van der Waals surface area contributed by atoms with Crippen molar-refractivity contribution in [2.24, 2.45) is 5.73 Å². The lowest BCUT2D eigenvalue weighted by Gasteiger charge is -1.88. The summed E-state index contributed by atoms with van der Waals surface area (Å²) in [7, 11) is 0. The van der Waals surface area contributed by atoms with Crippen molar-refractivity contribution in [1.82, 2.24) is 0 Å². The van der Waals surface area contributed by atoms with E-state index >= 15 is 0 Å². The Morgan fingerprint density at radius 1 is 1.57 bits per heavy atom. The van der Waals surface area contributed by atoms with Crippen molar-refractivity contribution in [2.75, 3.05) is 6.54 Å². The predicted octanol–water partition coefficient (Wildman–Crippen LogP) is 1.18. The van der Waals surface area contributed by atoms with Crippen LogP contribution >= 0.6 is 11.6 Å². The Bertz CT molecular complexity index is 315. The topological polar surface area (TPSA) is 80.4 Å². The quantitative estimate of drug-likeness (QED) is 0.726. The predicted molar refractivity (Wildman–Crippen MR) is 53.5 cm³/mol. The molecule has 4 nitrogen and oxygen atoms in total. The van der Waals surface area contributed by atoms with Crippen LogP contribution in [0.25, 0.3) is 0 Å². The standard InChI is InChI=1S/C7H5ClO.C2H5NO2/c8-7-3-1-2-6(4-7)5-9;3-1-2(4)5/h1-5H;1,3H2,(H,4,5). The molecule has 0 saturated carbocycles. The Kier molecular flexibility index (Phi) is 6.36. The van der Waals surface area contributed by atoms with Gasteiger partial charge in [-0.3, -0.25) is 9.59 Å². The number of carboxylic acid groups (broad SMARTS) is 1.